The van der Waals surface area contributed by atoms with Gasteiger partial charge < -0.3 is 0 Å². The Bertz CT molecular complexity index is 466. The second-order valence-electron chi connectivity index (χ2n) is 6.99. The van der Waals surface area contributed by atoms with Crippen LogP contribution in [-0.4, -0.2) is 6.04 Å². The number of aryl methyl sites for hydroxylation is 1. The molecule has 2 rings (SSSR count). The van der Waals surface area contributed by atoms with E-state index in [0.717, 1.165) is 11.4 Å². The van der Waals surface area contributed by atoms with Gasteiger partial charge in [-0.3, -0.25) is 11.3 Å². The van der Waals surface area contributed by atoms with Crippen LogP contribution in [0.4, 0.5) is 0 Å². The minimum Gasteiger partial charge on any atom is -0.271 e. The van der Waals surface area contributed by atoms with Crippen molar-refractivity contribution in [3.8, 4) is 0 Å². The molecule has 0 saturated heterocycles. The van der Waals surface area contributed by atoms with Gasteiger partial charge >= 0.3 is 0 Å². The summed E-state index contributed by atoms with van der Waals surface area (Å²) in [5, 5.41) is 0.844. The van der Waals surface area contributed by atoms with E-state index >= 15 is 0 Å². The maximum atomic E-state index is 6.33. The summed E-state index contributed by atoms with van der Waals surface area (Å²) in [6.07, 6.45) is 0.882. The standard InChI is InChI=1S/C16H25ClN2/c1-10-6-7-11(12(17)8-10)9-13(19-18)14-15(2,3)16(14,4)5/h6-8,13-14,19H,9,18H2,1-5H3. The zero-order chi connectivity index (χ0) is 14.4. The molecule has 1 saturated carbocycles. The van der Waals surface area contributed by atoms with E-state index in [9.17, 15) is 0 Å². The van der Waals surface area contributed by atoms with Crippen LogP contribution in [-0.2, 0) is 6.42 Å². The average molecular weight is 281 g/mol. The van der Waals surface area contributed by atoms with Crippen molar-refractivity contribution in [2.45, 2.75) is 47.1 Å². The number of nitrogens with one attached hydrogen (secondary N) is 1. The summed E-state index contributed by atoms with van der Waals surface area (Å²) in [5.41, 5.74) is 6.02. The van der Waals surface area contributed by atoms with Gasteiger partial charge in [-0.15, -0.1) is 0 Å². The van der Waals surface area contributed by atoms with Crippen molar-refractivity contribution >= 4 is 11.6 Å². The van der Waals surface area contributed by atoms with Crippen molar-refractivity contribution in [1.29, 1.82) is 0 Å². The molecule has 0 heterocycles. The highest BCUT2D eigenvalue weighted by Gasteiger charge is 2.66. The zero-order valence-corrected chi connectivity index (χ0v) is 13.3. The summed E-state index contributed by atoms with van der Waals surface area (Å²) < 4.78 is 0. The molecule has 2 nitrogen and oxygen atoms in total. The number of hydrazine groups is 1. The normalized spacial score (nSPS) is 22.3. The minimum absolute atomic E-state index is 0.269. The molecule has 0 spiro atoms. The first-order valence-corrected chi connectivity index (χ1v) is 7.30. The van der Waals surface area contributed by atoms with Crippen molar-refractivity contribution in [3.63, 3.8) is 0 Å². The Morgan fingerprint density at radius 1 is 1.26 bits per heavy atom. The monoisotopic (exact) mass is 280 g/mol. The van der Waals surface area contributed by atoms with Gasteiger partial charge in [0.1, 0.15) is 0 Å². The fourth-order valence-corrected chi connectivity index (χ4v) is 3.89. The maximum absolute atomic E-state index is 6.33. The van der Waals surface area contributed by atoms with Gasteiger partial charge in [-0.25, -0.2) is 0 Å². The lowest BCUT2D eigenvalue weighted by Crippen LogP contribution is -2.40. The SMILES string of the molecule is Cc1ccc(CC(NN)C2C(C)(C)C2(C)C)c(Cl)c1. The van der Waals surface area contributed by atoms with E-state index in [-0.39, 0.29) is 6.04 Å². The molecule has 106 valence electrons. The summed E-state index contributed by atoms with van der Waals surface area (Å²) in [4.78, 5) is 0. The van der Waals surface area contributed by atoms with E-state index in [4.69, 9.17) is 17.4 Å². The third kappa shape index (κ3) is 2.42. The molecular weight excluding hydrogens is 256 g/mol. The van der Waals surface area contributed by atoms with Gasteiger partial charge in [-0.05, 0) is 47.3 Å². The van der Waals surface area contributed by atoms with E-state index in [0.29, 0.717) is 16.7 Å². The molecule has 1 aromatic rings. The topological polar surface area (TPSA) is 38.0 Å². The highest BCUT2D eigenvalue weighted by Crippen LogP contribution is 2.69. The highest BCUT2D eigenvalue weighted by molar-refractivity contribution is 6.31. The van der Waals surface area contributed by atoms with E-state index < -0.39 is 0 Å². The van der Waals surface area contributed by atoms with Gasteiger partial charge in [0.25, 0.3) is 0 Å². The fraction of sp³-hybridized carbons (Fsp3) is 0.625. The molecule has 0 amide bonds. The summed E-state index contributed by atoms with van der Waals surface area (Å²) >= 11 is 6.33. The number of rotatable bonds is 4. The number of hydrogen-bond donors (Lipinski definition) is 2. The van der Waals surface area contributed by atoms with Gasteiger partial charge in [0, 0.05) is 11.1 Å². The van der Waals surface area contributed by atoms with Crippen LogP contribution in [0.25, 0.3) is 0 Å². The van der Waals surface area contributed by atoms with Crippen LogP contribution in [0, 0.1) is 23.7 Å². The number of nitrogens with two attached hydrogens (primary N) is 1. The summed E-state index contributed by atoms with van der Waals surface area (Å²) in [5.74, 6) is 6.36. The molecule has 1 unspecified atom stereocenters. The number of benzene rings is 1. The molecule has 1 atom stereocenters. The molecule has 1 aromatic carbocycles. The molecule has 3 N–H and O–H groups in total. The summed E-state index contributed by atoms with van der Waals surface area (Å²) in [6, 6.07) is 6.51. The van der Waals surface area contributed by atoms with Crippen LogP contribution >= 0.6 is 11.6 Å². The quantitative estimate of drug-likeness (QED) is 0.652. The maximum Gasteiger partial charge on any atom is 0.0441 e. The fourth-order valence-electron chi connectivity index (χ4n) is 3.58. The first-order valence-electron chi connectivity index (χ1n) is 6.93. The van der Waals surface area contributed by atoms with Gasteiger partial charge in [0.15, 0.2) is 0 Å². The zero-order valence-electron chi connectivity index (χ0n) is 12.5. The van der Waals surface area contributed by atoms with Crippen molar-refractivity contribution in [2.75, 3.05) is 0 Å². The summed E-state index contributed by atoms with van der Waals surface area (Å²) in [7, 11) is 0. The van der Waals surface area contributed by atoms with E-state index in [1.165, 1.54) is 11.1 Å². The van der Waals surface area contributed by atoms with Crippen LogP contribution in [0.5, 0.6) is 0 Å². The molecule has 0 bridgehead atoms. The van der Waals surface area contributed by atoms with Gasteiger partial charge in [-0.1, -0.05) is 51.4 Å². The Balaban J connectivity index is 2.17. The van der Waals surface area contributed by atoms with Crippen LogP contribution in [0.3, 0.4) is 0 Å². The molecule has 0 aromatic heterocycles. The van der Waals surface area contributed by atoms with Crippen molar-refractivity contribution < 1.29 is 0 Å². The van der Waals surface area contributed by atoms with Crippen molar-refractivity contribution in [3.05, 3.63) is 34.3 Å². The first-order chi connectivity index (χ1) is 8.71. The third-order valence-corrected chi connectivity index (χ3v) is 5.75. The largest absolute Gasteiger partial charge is 0.271 e. The third-order valence-electron chi connectivity index (χ3n) is 5.40. The van der Waals surface area contributed by atoms with Gasteiger partial charge in [-0.2, -0.15) is 0 Å². The van der Waals surface area contributed by atoms with Gasteiger partial charge in [0.2, 0.25) is 0 Å². The number of halogens is 1. The molecular formula is C16H25ClN2. The minimum atomic E-state index is 0.269. The molecule has 3 heteroatoms. The second kappa shape index (κ2) is 4.76. The van der Waals surface area contributed by atoms with Crippen LogP contribution in [0.1, 0.15) is 38.8 Å². The molecule has 1 aliphatic rings. The lowest BCUT2D eigenvalue weighted by atomic mass is 9.97. The molecule has 19 heavy (non-hydrogen) atoms. The smallest absolute Gasteiger partial charge is 0.0441 e. The Hall–Kier alpha value is -0.570. The van der Waals surface area contributed by atoms with Crippen molar-refractivity contribution in [1.82, 2.24) is 5.43 Å². The molecule has 0 aliphatic heterocycles. The Morgan fingerprint density at radius 2 is 1.84 bits per heavy atom. The second-order valence-corrected chi connectivity index (χ2v) is 7.40. The van der Waals surface area contributed by atoms with E-state index in [1.54, 1.807) is 0 Å². The predicted octanol–water partition coefficient (Wildman–Crippen LogP) is 3.71. The van der Waals surface area contributed by atoms with Gasteiger partial charge in [0.05, 0.1) is 0 Å². The summed E-state index contributed by atoms with van der Waals surface area (Å²) in [6.45, 7) is 11.3. The van der Waals surface area contributed by atoms with E-state index in [2.05, 4.69) is 52.2 Å². The lowest BCUT2D eigenvalue weighted by Gasteiger charge is -2.19. The van der Waals surface area contributed by atoms with Crippen LogP contribution < -0.4 is 11.3 Å². The lowest BCUT2D eigenvalue weighted by molar-refractivity contribution is 0.402. The Morgan fingerprint density at radius 3 is 2.26 bits per heavy atom. The first kappa shape index (κ1) is 14.8. The van der Waals surface area contributed by atoms with Crippen molar-refractivity contribution in [2.24, 2.45) is 22.6 Å². The molecule has 1 aliphatic carbocycles. The molecule has 1 fully saturated rings. The number of hydrogen-bond acceptors (Lipinski definition) is 2. The Kier molecular flexibility index (Phi) is 3.72. The van der Waals surface area contributed by atoms with Crippen LogP contribution in [0.15, 0.2) is 18.2 Å². The van der Waals surface area contributed by atoms with E-state index in [1.807, 2.05) is 6.07 Å². The predicted molar refractivity (Wildman–Crippen MR) is 82.1 cm³/mol. The highest BCUT2D eigenvalue weighted by atomic mass is 35.5. The Labute approximate surface area is 121 Å². The average Bonchev–Trinajstić information content (AvgIpc) is 2.70. The molecule has 0 radical (unpaired) electrons. The van der Waals surface area contributed by atoms with Crippen LogP contribution in [0.2, 0.25) is 5.02 Å².